The van der Waals surface area contributed by atoms with Gasteiger partial charge in [0.05, 0.1) is 5.69 Å². The third-order valence-corrected chi connectivity index (χ3v) is 5.84. The minimum Gasteiger partial charge on any atom is -0.354 e. The summed E-state index contributed by atoms with van der Waals surface area (Å²) >= 11 is 6.63. The highest BCUT2D eigenvalue weighted by molar-refractivity contribution is 6.37. The van der Waals surface area contributed by atoms with Crippen LogP contribution in [0.25, 0.3) is 6.08 Å². The summed E-state index contributed by atoms with van der Waals surface area (Å²) in [5.74, 6) is 1.69. The molecule has 1 amide bonds. The van der Waals surface area contributed by atoms with Crippen LogP contribution in [-0.4, -0.2) is 51.4 Å². The van der Waals surface area contributed by atoms with Gasteiger partial charge in [0.25, 0.3) is 0 Å². The Bertz CT molecular complexity index is 677. The van der Waals surface area contributed by atoms with Crippen LogP contribution < -0.4 is 11.1 Å². The molecular formula is C19H30ClN5O. The quantitative estimate of drug-likeness (QED) is 0.768. The number of aryl methyl sites for hydroxylation is 1. The Kier molecular flexibility index (Phi) is 5.75. The van der Waals surface area contributed by atoms with Gasteiger partial charge in [-0.05, 0) is 56.8 Å². The molecule has 1 saturated heterocycles. The van der Waals surface area contributed by atoms with Crippen LogP contribution in [-0.2, 0) is 4.79 Å². The average molecular weight is 380 g/mol. The molecule has 1 aromatic rings. The predicted molar refractivity (Wildman–Crippen MR) is 105 cm³/mol. The molecule has 26 heavy (non-hydrogen) atoms. The van der Waals surface area contributed by atoms with E-state index in [0.29, 0.717) is 18.4 Å². The van der Waals surface area contributed by atoms with Gasteiger partial charge >= 0.3 is 0 Å². The van der Waals surface area contributed by atoms with Gasteiger partial charge in [0.15, 0.2) is 4.87 Å². The number of carbonyl (C=O) groups excluding carboxylic acids is 1. The first-order valence-corrected chi connectivity index (χ1v) is 9.87. The fourth-order valence-electron chi connectivity index (χ4n) is 3.85. The summed E-state index contributed by atoms with van der Waals surface area (Å²) in [5.41, 5.74) is 7.14. The summed E-state index contributed by atoms with van der Waals surface area (Å²) in [5, 5.41) is 3.03. The second-order valence-corrected chi connectivity index (χ2v) is 8.67. The number of alkyl halides is 1. The third-order valence-electron chi connectivity index (χ3n) is 5.32. The van der Waals surface area contributed by atoms with E-state index in [2.05, 4.69) is 29.0 Å². The van der Waals surface area contributed by atoms with E-state index in [1.165, 1.54) is 0 Å². The lowest BCUT2D eigenvalue weighted by molar-refractivity contribution is -0.123. The minimum atomic E-state index is -1.28. The largest absolute Gasteiger partial charge is 0.354 e. The smallest absolute Gasteiger partial charge is 0.248 e. The third kappa shape index (κ3) is 3.97. The minimum absolute atomic E-state index is 0.232. The van der Waals surface area contributed by atoms with Crippen LogP contribution in [0.15, 0.2) is 12.3 Å². The van der Waals surface area contributed by atoms with Crippen LogP contribution in [0, 0.1) is 18.8 Å². The molecule has 0 bridgehead atoms. The lowest BCUT2D eigenvalue weighted by atomic mass is 9.95. The van der Waals surface area contributed by atoms with E-state index in [0.717, 1.165) is 44.0 Å². The summed E-state index contributed by atoms with van der Waals surface area (Å²) in [7, 11) is 0. The molecule has 3 rings (SSSR count). The topological polar surface area (TPSA) is 76.2 Å². The zero-order valence-electron chi connectivity index (χ0n) is 15.9. The molecule has 6 nitrogen and oxygen atoms in total. The molecule has 0 saturated carbocycles. The molecule has 0 aromatic carbocycles. The Morgan fingerprint density at radius 2 is 2.15 bits per heavy atom. The first-order valence-electron chi connectivity index (χ1n) is 9.49. The molecule has 2 atom stereocenters. The molecule has 3 N–H and O–H groups in total. The lowest BCUT2D eigenvalue weighted by Crippen LogP contribution is -2.53. The molecular weight excluding hydrogens is 350 g/mol. The Balaban J connectivity index is 1.54. The van der Waals surface area contributed by atoms with Crippen LogP contribution in [0.3, 0.4) is 0 Å². The van der Waals surface area contributed by atoms with Gasteiger partial charge in [0, 0.05) is 19.3 Å². The molecule has 2 aliphatic heterocycles. The van der Waals surface area contributed by atoms with Crippen molar-refractivity contribution in [3.8, 4) is 0 Å². The number of nitrogens with two attached hydrogens (primary N) is 1. The van der Waals surface area contributed by atoms with Gasteiger partial charge in [0.1, 0.15) is 12.0 Å². The molecule has 2 unspecified atom stereocenters. The van der Waals surface area contributed by atoms with E-state index in [-0.39, 0.29) is 5.91 Å². The molecule has 3 heterocycles. The summed E-state index contributed by atoms with van der Waals surface area (Å²) < 4.78 is 1.77. The maximum absolute atomic E-state index is 12.8. The first kappa shape index (κ1) is 19.4. The van der Waals surface area contributed by atoms with Gasteiger partial charge in [0.2, 0.25) is 5.91 Å². The number of nitrogens with zero attached hydrogens (tertiary/aromatic N) is 3. The van der Waals surface area contributed by atoms with E-state index in [1.807, 2.05) is 13.1 Å². The van der Waals surface area contributed by atoms with Crippen molar-refractivity contribution in [3.63, 3.8) is 0 Å². The van der Waals surface area contributed by atoms with E-state index in [1.54, 1.807) is 16.7 Å². The van der Waals surface area contributed by atoms with Crippen molar-refractivity contribution in [2.24, 2.45) is 17.6 Å². The van der Waals surface area contributed by atoms with Crippen molar-refractivity contribution < 1.29 is 4.79 Å². The molecule has 7 heteroatoms. The maximum atomic E-state index is 12.8. The number of imidazole rings is 1. The molecule has 0 spiro atoms. The van der Waals surface area contributed by atoms with Crippen LogP contribution >= 0.6 is 11.6 Å². The molecule has 0 radical (unpaired) electrons. The van der Waals surface area contributed by atoms with Crippen LogP contribution in [0.2, 0.25) is 0 Å². The van der Waals surface area contributed by atoms with Crippen molar-refractivity contribution >= 4 is 23.6 Å². The lowest BCUT2D eigenvalue weighted by Gasteiger charge is -2.35. The van der Waals surface area contributed by atoms with Gasteiger partial charge in [-0.25, -0.2) is 4.98 Å². The highest BCUT2D eigenvalue weighted by Gasteiger charge is 2.44. The van der Waals surface area contributed by atoms with Gasteiger partial charge in [-0.2, -0.15) is 0 Å². The van der Waals surface area contributed by atoms with Crippen molar-refractivity contribution in [2.45, 2.75) is 44.7 Å². The van der Waals surface area contributed by atoms with E-state index in [9.17, 15) is 4.79 Å². The number of likely N-dealkylation sites (tertiary alicyclic amines) is 1. The number of amides is 1. The monoisotopic (exact) mass is 379 g/mol. The van der Waals surface area contributed by atoms with Gasteiger partial charge in [-0.1, -0.05) is 13.8 Å². The Morgan fingerprint density at radius 1 is 1.46 bits per heavy atom. The van der Waals surface area contributed by atoms with E-state index in [4.69, 9.17) is 17.3 Å². The SMILES string of the molecule is Cc1cn2c(n1)C=CC(Cl)(C(=O)NCC1CCN(CC(C)C)CC1)C2N. The number of fused-ring (bicyclic) bond motifs is 1. The van der Waals surface area contributed by atoms with Crippen molar-refractivity contribution in [1.82, 2.24) is 19.8 Å². The van der Waals surface area contributed by atoms with Crippen LogP contribution in [0.1, 0.15) is 44.4 Å². The molecule has 0 aliphatic carbocycles. The van der Waals surface area contributed by atoms with E-state index < -0.39 is 11.0 Å². The number of rotatable bonds is 5. The Morgan fingerprint density at radius 3 is 2.81 bits per heavy atom. The normalized spacial score (nSPS) is 26.9. The molecule has 1 aromatic heterocycles. The summed E-state index contributed by atoms with van der Waals surface area (Å²) in [6, 6.07) is 0. The summed E-state index contributed by atoms with van der Waals surface area (Å²) in [6.45, 7) is 10.4. The van der Waals surface area contributed by atoms with Crippen molar-refractivity contribution in [1.29, 1.82) is 0 Å². The fraction of sp³-hybridized carbons (Fsp3) is 0.684. The van der Waals surface area contributed by atoms with Gasteiger partial charge in [-0.3, -0.25) is 4.79 Å². The Hall–Kier alpha value is -1.37. The second kappa shape index (κ2) is 7.71. The van der Waals surface area contributed by atoms with Gasteiger partial charge < -0.3 is 20.5 Å². The fourth-order valence-corrected chi connectivity index (χ4v) is 4.08. The standard InChI is InChI=1S/C19H30ClN5O/c1-13(2)11-24-8-5-15(6-9-24)10-22-18(26)19(20)7-4-16-23-14(3)12-25(16)17(19)21/h4,7,12-13,15,17H,5-6,8-11,21H2,1-3H3,(H,22,26). The van der Waals surface area contributed by atoms with Crippen LogP contribution in [0.5, 0.6) is 0 Å². The van der Waals surface area contributed by atoms with Crippen LogP contribution in [0.4, 0.5) is 0 Å². The predicted octanol–water partition coefficient (Wildman–Crippen LogP) is 2.14. The number of carbonyl (C=O) groups is 1. The summed E-state index contributed by atoms with van der Waals surface area (Å²) in [4.78, 5) is 18.4. The number of piperidine rings is 1. The summed E-state index contributed by atoms with van der Waals surface area (Å²) in [6.07, 6.45) is 6.82. The highest BCUT2D eigenvalue weighted by Crippen LogP contribution is 2.34. The zero-order valence-corrected chi connectivity index (χ0v) is 16.7. The van der Waals surface area contributed by atoms with Crippen molar-refractivity contribution in [3.05, 3.63) is 23.8 Å². The Labute approximate surface area is 160 Å². The first-order chi connectivity index (χ1) is 12.3. The zero-order chi connectivity index (χ0) is 18.9. The van der Waals surface area contributed by atoms with Gasteiger partial charge in [-0.15, -0.1) is 11.6 Å². The highest BCUT2D eigenvalue weighted by atomic mass is 35.5. The molecule has 144 valence electrons. The number of hydrogen-bond donors (Lipinski definition) is 2. The second-order valence-electron chi connectivity index (χ2n) is 8.04. The van der Waals surface area contributed by atoms with Crippen molar-refractivity contribution in [2.75, 3.05) is 26.2 Å². The number of nitrogens with one attached hydrogen (secondary N) is 1. The number of aromatic nitrogens is 2. The molecule has 2 aliphatic rings. The molecule has 1 fully saturated rings. The number of hydrogen-bond acceptors (Lipinski definition) is 4. The maximum Gasteiger partial charge on any atom is 0.248 e. The number of halogens is 1. The average Bonchev–Trinajstić information content (AvgIpc) is 2.98. The van der Waals surface area contributed by atoms with E-state index >= 15 is 0 Å².